The van der Waals surface area contributed by atoms with Gasteiger partial charge < -0.3 is 9.88 Å². The van der Waals surface area contributed by atoms with Crippen molar-refractivity contribution in [2.45, 2.75) is 46.7 Å². The number of imidazole rings is 1. The van der Waals surface area contributed by atoms with Crippen molar-refractivity contribution in [2.24, 2.45) is 0 Å². The number of hydrogen-bond acceptors (Lipinski definition) is 3. The summed E-state index contributed by atoms with van der Waals surface area (Å²) >= 11 is 0. The van der Waals surface area contributed by atoms with Gasteiger partial charge in [-0.05, 0) is 20.3 Å². The van der Waals surface area contributed by atoms with Crippen molar-refractivity contribution in [2.75, 3.05) is 5.32 Å². The lowest BCUT2D eigenvalue weighted by Gasteiger charge is -2.07. The van der Waals surface area contributed by atoms with Crippen LogP contribution < -0.4 is 5.32 Å². The topological polar surface area (TPSA) is 47.7 Å². The lowest BCUT2D eigenvalue weighted by Crippen LogP contribution is -2.02. The average molecular weight is 247 g/mol. The van der Waals surface area contributed by atoms with Gasteiger partial charge in [0.2, 0.25) is 5.95 Å². The van der Waals surface area contributed by atoms with Crippen LogP contribution in [0.5, 0.6) is 0 Å². The SMILES string of the molecule is CCCCn1cc(C)nc1Nc1cnn(CC)c1. The maximum absolute atomic E-state index is 4.51. The number of nitrogens with zero attached hydrogens (tertiary/aromatic N) is 4. The number of nitrogens with one attached hydrogen (secondary N) is 1. The Balaban J connectivity index is 2.12. The van der Waals surface area contributed by atoms with E-state index in [0.717, 1.165) is 30.4 Å². The molecule has 0 unspecified atom stereocenters. The number of anilines is 2. The maximum Gasteiger partial charge on any atom is 0.207 e. The zero-order valence-corrected chi connectivity index (χ0v) is 11.3. The normalized spacial score (nSPS) is 10.8. The van der Waals surface area contributed by atoms with E-state index in [2.05, 4.69) is 40.0 Å². The van der Waals surface area contributed by atoms with Crippen molar-refractivity contribution >= 4 is 11.6 Å². The Kier molecular flexibility index (Phi) is 4.02. The van der Waals surface area contributed by atoms with E-state index in [1.807, 2.05) is 24.0 Å². The molecule has 0 spiro atoms. The standard InChI is InChI=1S/C13H21N5/c1-4-6-7-17-9-11(3)15-13(17)16-12-8-14-18(5-2)10-12/h8-10H,4-7H2,1-3H3,(H,15,16). The van der Waals surface area contributed by atoms with Crippen LogP contribution in [0.15, 0.2) is 18.6 Å². The highest BCUT2D eigenvalue weighted by Crippen LogP contribution is 2.16. The van der Waals surface area contributed by atoms with Gasteiger partial charge in [0, 0.05) is 25.5 Å². The summed E-state index contributed by atoms with van der Waals surface area (Å²) in [5, 5.41) is 7.57. The largest absolute Gasteiger partial charge is 0.323 e. The minimum atomic E-state index is 0.880. The Bertz CT molecular complexity index is 497. The minimum absolute atomic E-state index is 0.880. The van der Waals surface area contributed by atoms with Gasteiger partial charge in [-0.1, -0.05) is 13.3 Å². The molecule has 0 fully saturated rings. The van der Waals surface area contributed by atoms with Crippen molar-refractivity contribution in [1.29, 1.82) is 0 Å². The first kappa shape index (κ1) is 12.7. The molecule has 2 rings (SSSR count). The van der Waals surface area contributed by atoms with Crippen molar-refractivity contribution in [1.82, 2.24) is 19.3 Å². The zero-order valence-electron chi connectivity index (χ0n) is 11.3. The van der Waals surface area contributed by atoms with Gasteiger partial charge >= 0.3 is 0 Å². The number of hydrogen-bond donors (Lipinski definition) is 1. The number of rotatable bonds is 6. The Hall–Kier alpha value is -1.78. The third kappa shape index (κ3) is 2.91. The van der Waals surface area contributed by atoms with Crippen LogP contribution in [0.25, 0.3) is 0 Å². The third-order valence-corrected chi connectivity index (χ3v) is 2.86. The molecule has 5 heteroatoms. The van der Waals surface area contributed by atoms with Crippen LogP contribution in [-0.2, 0) is 13.1 Å². The fourth-order valence-corrected chi connectivity index (χ4v) is 1.88. The number of unbranched alkanes of at least 4 members (excludes halogenated alkanes) is 1. The summed E-state index contributed by atoms with van der Waals surface area (Å²) in [5.41, 5.74) is 2.02. The lowest BCUT2D eigenvalue weighted by atomic mass is 10.3. The molecule has 0 saturated heterocycles. The molecule has 0 aliphatic heterocycles. The molecule has 0 saturated carbocycles. The van der Waals surface area contributed by atoms with Crippen LogP contribution in [-0.4, -0.2) is 19.3 Å². The van der Waals surface area contributed by atoms with Crippen molar-refractivity contribution in [3.05, 3.63) is 24.3 Å². The number of aromatic nitrogens is 4. The van der Waals surface area contributed by atoms with E-state index >= 15 is 0 Å². The van der Waals surface area contributed by atoms with Crippen LogP contribution in [0.4, 0.5) is 11.6 Å². The Morgan fingerprint density at radius 1 is 1.28 bits per heavy atom. The van der Waals surface area contributed by atoms with E-state index in [9.17, 15) is 0 Å². The first-order chi connectivity index (χ1) is 8.72. The molecule has 0 bridgehead atoms. The molecule has 1 N–H and O–H groups in total. The van der Waals surface area contributed by atoms with E-state index in [4.69, 9.17) is 0 Å². The van der Waals surface area contributed by atoms with E-state index in [1.54, 1.807) is 0 Å². The quantitative estimate of drug-likeness (QED) is 0.853. The molecule has 98 valence electrons. The Morgan fingerprint density at radius 2 is 2.11 bits per heavy atom. The molecular weight excluding hydrogens is 226 g/mol. The maximum atomic E-state index is 4.51. The summed E-state index contributed by atoms with van der Waals surface area (Å²) in [5.74, 6) is 0.900. The van der Waals surface area contributed by atoms with Gasteiger partial charge in [-0.25, -0.2) is 4.98 Å². The molecular formula is C13H21N5. The molecule has 2 heterocycles. The second-order valence-corrected chi connectivity index (χ2v) is 4.46. The van der Waals surface area contributed by atoms with Crippen LogP contribution in [0.3, 0.4) is 0 Å². The van der Waals surface area contributed by atoms with Gasteiger partial charge in [0.15, 0.2) is 0 Å². The molecule has 0 aromatic carbocycles. The first-order valence-corrected chi connectivity index (χ1v) is 6.56. The van der Waals surface area contributed by atoms with Gasteiger partial charge in [-0.3, -0.25) is 4.68 Å². The van der Waals surface area contributed by atoms with Gasteiger partial charge in [-0.15, -0.1) is 0 Å². The molecule has 0 atom stereocenters. The average Bonchev–Trinajstić information content (AvgIpc) is 2.94. The molecule has 0 amide bonds. The molecule has 5 nitrogen and oxygen atoms in total. The van der Waals surface area contributed by atoms with Crippen molar-refractivity contribution in [3.8, 4) is 0 Å². The summed E-state index contributed by atoms with van der Waals surface area (Å²) < 4.78 is 4.07. The summed E-state index contributed by atoms with van der Waals surface area (Å²) in [6, 6.07) is 0. The predicted octanol–water partition coefficient (Wildman–Crippen LogP) is 2.95. The van der Waals surface area contributed by atoms with E-state index < -0.39 is 0 Å². The number of aryl methyl sites for hydroxylation is 3. The van der Waals surface area contributed by atoms with Crippen LogP contribution >= 0.6 is 0 Å². The third-order valence-electron chi connectivity index (χ3n) is 2.86. The molecule has 18 heavy (non-hydrogen) atoms. The second kappa shape index (κ2) is 5.71. The van der Waals surface area contributed by atoms with Crippen LogP contribution in [0.2, 0.25) is 0 Å². The molecule has 2 aromatic heterocycles. The molecule has 0 aliphatic carbocycles. The molecule has 0 radical (unpaired) electrons. The van der Waals surface area contributed by atoms with Gasteiger partial charge in [0.05, 0.1) is 17.6 Å². The fraction of sp³-hybridized carbons (Fsp3) is 0.538. The summed E-state index contributed by atoms with van der Waals surface area (Å²) in [4.78, 5) is 4.51. The minimum Gasteiger partial charge on any atom is -0.323 e. The first-order valence-electron chi connectivity index (χ1n) is 6.56. The smallest absolute Gasteiger partial charge is 0.207 e. The lowest BCUT2D eigenvalue weighted by molar-refractivity contribution is 0.637. The monoisotopic (exact) mass is 247 g/mol. The van der Waals surface area contributed by atoms with E-state index in [1.165, 1.54) is 12.8 Å². The van der Waals surface area contributed by atoms with Crippen molar-refractivity contribution in [3.63, 3.8) is 0 Å². The highest BCUT2D eigenvalue weighted by molar-refractivity contribution is 5.51. The second-order valence-electron chi connectivity index (χ2n) is 4.46. The Labute approximate surface area is 108 Å². The highest BCUT2D eigenvalue weighted by Gasteiger charge is 2.06. The van der Waals surface area contributed by atoms with Crippen molar-refractivity contribution < 1.29 is 0 Å². The van der Waals surface area contributed by atoms with Crippen LogP contribution in [0, 0.1) is 6.92 Å². The summed E-state index contributed by atoms with van der Waals surface area (Å²) in [6.45, 7) is 8.17. The van der Waals surface area contributed by atoms with Gasteiger partial charge in [-0.2, -0.15) is 5.10 Å². The zero-order chi connectivity index (χ0) is 13.0. The fourth-order valence-electron chi connectivity index (χ4n) is 1.88. The summed E-state index contributed by atoms with van der Waals surface area (Å²) in [6.07, 6.45) is 8.26. The van der Waals surface area contributed by atoms with E-state index in [0.29, 0.717) is 0 Å². The van der Waals surface area contributed by atoms with E-state index in [-0.39, 0.29) is 0 Å². The van der Waals surface area contributed by atoms with Gasteiger partial charge in [0.1, 0.15) is 0 Å². The van der Waals surface area contributed by atoms with Gasteiger partial charge in [0.25, 0.3) is 0 Å². The highest BCUT2D eigenvalue weighted by atomic mass is 15.3. The predicted molar refractivity (Wildman–Crippen MR) is 73.1 cm³/mol. The molecule has 2 aromatic rings. The summed E-state index contributed by atoms with van der Waals surface area (Å²) in [7, 11) is 0. The molecule has 0 aliphatic rings. The van der Waals surface area contributed by atoms with Crippen LogP contribution in [0.1, 0.15) is 32.4 Å². The Morgan fingerprint density at radius 3 is 2.78 bits per heavy atom.